The Labute approximate surface area is 124 Å². The van der Waals surface area contributed by atoms with Gasteiger partial charge in [-0.05, 0) is 19.2 Å². The summed E-state index contributed by atoms with van der Waals surface area (Å²) in [4.78, 5) is 32.3. The summed E-state index contributed by atoms with van der Waals surface area (Å²) in [6.45, 7) is 7.01. The maximum Gasteiger partial charge on any atom is 0.272 e. The third-order valence-electron chi connectivity index (χ3n) is 3.44. The fourth-order valence-corrected chi connectivity index (χ4v) is 2.13. The third kappa shape index (κ3) is 3.88. The molecule has 2 amide bonds. The van der Waals surface area contributed by atoms with E-state index in [4.69, 9.17) is 0 Å². The average molecular weight is 288 g/mol. The van der Waals surface area contributed by atoms with Gasteiger partial charge in [0, 0.05) is 44.5 Å². The number of pyridine rings is 1. The van der Waals surface area contributed by atoms with Crippen molar-refractivity contribution in [1.29, 1.82) is 0 Å². The predicted octanol–water partition coefficient (Wildman–Crippen LogP) is 0.385. The third-order valence-corrected chi connectivity index (χ3v) is 3.44. The van der Waals surface area contributed by atoms with Crippen molar-refractivity contribution in [1.82, 2.24) is 20.1 Å². The van der Waals surface area contributed by atoms with Crippen molar-refractivity contribution >= 4 is 11.8 Å². The van der Waals surface area contributed by atoms with Gasteiger partial charge in [-0.15, -0.1) is 6.58 Å². The van der Waals surface area contributed by atoms with Crippen LogP contribution in [0.25, 0.3) is 0 Å². The number of hydrogen-bond donors (Lipinski definition) is 1. The van der Waals surface area contributed by atoms with Crippen LogP contribution >= 0.6 is 0 Å². The minimum absolute atomic E-state index is 0.124. The zero-order valence-electron chi connectivity index (χ0n) is 12.2. The molecule has 1 aliphatic rings. The van der Waals surface area contributed by atoms with Crippen molar-refractivity contribution in [3.05, 3.63) is 42.2 Å². The lowest BCUT2D eigenvalue weighted by Gasteiger charge is -2.32. The highest BCUT2D eigenvalue weighted by Crippen LogP contribution is 2.08. The van der Waals surface area contributed by atoms with Crippen molar-refractivity contribution in [2.45, 2.75) is 0 Å². The fraction of sp³-hybridized carbons (Fsp3) is 0.400. The summed E-state index contributed by atoms with van der Waals surface area (Å²) in [5.74, 6) is -0.355. The van der Waals surface area contributed by atoms with Crippen LogP contribution in [0, 0.1) is 0 Å². The van der Waals surface area contributed by atoms with Gasteiger partial charge in [-0.3, -0.25) is 14.6 Å². The molecule has 0 aromatic carbocycles. The van der Waals surface area contributed by atoms with Crippen molar-refractivity contribution in [2.24, 2.45) is 0 Å². The molecule has 112 valence electrons. The Morgan fingerprint density at radius 1 is 1.38 bits per heavy atom. The quantitative estimate of drug-likeness (QED) is 0.814. The summed E-state index contributed by atoms with van der Waals surface area (Å²) in [6.07, 6.45) is 3.10. The molecule has 0 atom stereocenters. The number of nitrogens with zero attached hydrogens (tertiary/aromatic N) is 3. The Morgan fingerprint density at radius 3 is 2.76 bits per heavy atom. The van der Waals surface area contributed by atoms with E-state index in [-0.39, 0.29) is 11.8 Å². The van der Waals surface area contributed by atoms with Crippen LogP contribution in [0.3, 0.4) is 0 Å². The standard InChI is InChI=1S/C15H20N4O2/c1-3-5-17-14(20)12-4-6-16-13(11-12)15(21)19-9-7-18(2)8-10-19/h3-4,6,11H,1,5,7-10H2,2H3,(H,17,20). The molecule has 1 saturated heterocycles. The first-order valence-corrected chi connectivity index (χ1v) is 6.95. The van der Waals surface area contributed by atoms with E-state index in [1.54, 1.807) is 23.1 Å². The molecule has 0 bridgehead atoms. The van der Waals surface area contributed by atoms with Crippen LogP contribution in [0.2, 0.25) is 0 Å². The van der Waals surface area contributed by atoms with E-state index in [9.17, 15) is 9.59 Å². The lowest BCUT2D eigenvalue weighted by atomic mass is 10.2. The van der Waals surface area contributed by atoms with Crippen LogP contribution in [0.4, 0.5) is 0 Å². The Balaban J connectivity index is 2.07. The zero-order chi connectivity index (χ0) is 15.2. The molecule has 0 aliphatic carbocycles. The highest BCUT2D eigenvalue weighted by atomic mass is 16.2. The molecule has 21 heavy (non-hydrogen) atoms. The maximum atomic E-state index is 12.4. The van der Waals surface area contributed by atoms with Gasteiger partial charge in [-0.2, -0.15) is 0 Å². The maximum absolute atomic E-state index is 12.4. The number of rotatable bonds is 4. The molecule has 0 unspecified atom stereocenters. The van der Waals surface area contributed by atoms with Crippen LogP contribution in [-0.4, -0.2) is 66.4 Å². The Kier molecular flexibility index (Phi) is 5.05. The number of carbonyl (C=O) groups excluding carboxylic acids is 2. The molecule has 1 N–H and O–H groups in total. The van der Waals surface area contributed by atoms with Gasteiger partial charge in [0.25, 0.3) is 11.8 Å². The number of nitrogens with one attached hydrogen (secondary N) is 1. The molecule has 2 heterocycles. The molecule has 6 nitrogen and oxygen atoms in total. The normalized spacial score (nSPS) is 15.6. The second-order valence-electron chi connectivity index (χ2n) is 5.02. The van der Waals surface area contributed by atoms with Crippen molar-refractivity contribution < 1.29 is 9.59 Å². The monoisotopic (exact) mass is 288 g/mol. The molecule has 0 saturated carbocycles. The number of hydrogen-bond acceptors (Lipinski definition) is 4. The lowest BCUT2D eigenvalue weighted by molar-refractivity contribution is 0.0658. The van der Waals surface area contributed by atoms with Crippen LogP contribution in [-0.2, 0) is 0 Å². The first kappa shape index (κ1) is 15.2. The van der Waals surface area contributed by atoms with E-state index >= 15 is 0 Å². The van der Waals surface area contributed by atoms with Gasteiger partial charge in [0.05, 0.1) is 0 Å². The summed E-state index contributed by atoms with van der Waals surface area (Å²) in [6, 6.07) is 3.14. The Morgan fingerprint density at radius 2 is 2.10 bits per heavy atom. The lowest BCUT2D eigenvalue weighted by Crippen LogP contribution is -2.47. The number of carbonyl (C=O) groups is 2. The molecule has 1 aromatic heterocycles. The average Bonchev–Trinajstić information content (AvgIpc) is 2.52. The Hall–Kier alpha value is -2.21. The van der Waals surface area contributed by atoms with Crippen molar-refractivity contribution in [3.8, 4) is 0 Å². The molecular weight excluding hydrogens is 268 g/mol. The van der Waals surface area contributed by atoms with E-state index < -0.39 is 0 Å². The van der Waals surface area contributed by atoms with Crippen LogP contribution in [0.5, 0.6) is 0 Å². The van der Waals surface area contributed by atoms with Crippen LogP contribution < -0.4 is 5.32 Å². The van der Waals surface area contributed by atoms with E-state index in [2.05, 4.69) is 21.8 Å². The summed E-state index contributed by atoms with van der Waals surface area (Å²) in [5.41, 5.74) is 0.745. The minimum atomic E-state index is -0.232. The Bertz CT molecular complexity index is 536. The second kappa shape index (κ2) is 6.99. The molecule has 0 radical (unpaired) electrons. The van der Waals surface area contributed by atoms with Crippen LogP contribution in [0.1, 0.15) is 20.8 Å². The second-order valence-corrected chi connectivity index (χ2v) is 5.02. The van der Waals surface area contributed by atoms with Gasteiger partial charge in [0.15, 0.2) is 0 Å². The van der Waals surface area contributed by atoms with E-state index in [0.717, 1.165) is 13.1 Å². The number of aromatic nitrogens is 1. The smallest absolute Gasteiger partial charge is 0.272 e. The molecule has 0 spiro atoms. The molecule has 1 fully saturated rings. The summed E-state index contributed by atoms with van der Waals surface area (Å²) in [7, 11) is 2.03. The highest BCUT2D eigenvalue weighted by molar-refractivity contribution is 5.98. The molecule has 2 rings (SSSR count). The fourth-order valence-electron chi connectivity index (χ4n) is 2.13. The SMILES string of the molecule is C=CCNC(=O)c1ccnc(C(=O)N2CCN(C)CC2)c1. The number of likely N-dealkylation sites (N-methyl/N-ethyl adjacent to an activating group) is 1. The van der Waals surface area contributed by atoms with Gasteiger partial charge in [0.1, 0.15) is 5.69 Å². The van der Waals surface area contributed by atoms with Gasteiger partial charge < -0.3 is 15.1 Å². The van der Waals surface area contributed by atoms with E-state index in [1.807, 2.05) is 7.05 Å². The zero-order valence-corrected chi connectivity index (χ0v) is 12.2. The van der Waals surface area contributed by atoms with E-state index in [1.165, 1.54) is 6.20 Å². The summed E-state index contributed by atoms with van der Waals surface area (Å²) >= 11 is 0. The van der Waals surface area contributed by atoms with Gasteiger partial charge in [-0.25, -0.2) is 0 Å². The molecular formula is C15H20N4O2. The molecule has 1 aromatic rings. The van der Waals surface area contributed by atoms with Gasteiger partial charge in [-0.1, -0.05) is 6.08 Å². The number of amides is 2. The topological polar surface area (TPSA) is 65.5 Å². The van der Waals surface area contributed by atoms with Gasteiger partial charge >= 0.3 is 0 Å². The first-order valence-electron chi connectivity index (χ1n) is 6.95. The predicted molar refractivity (Wildman–Crippen MR) is 80.2 cm³/mol. The summed E-state index contributed by atoms with van der Waals surface area (Å²) < 4.78 is 0. The van der Waals surface area contributed by atoms with Crippen LogP contribution in [0.15, 0.2) is 31.0 Å². The largest absolute Gasteiger partial charge is 0.349 e. The van der Waals surface area contributed by atoms with Gasteiger partial charge in [0.2, 0.25) is 0 Å². The molecule has 1 aliphatic heterocycles. The first-order chi connectivity index (χ1) is 10.1. The molecule has 6 heteroatoms. The van der Waals surface area contributed by atoms with Crippen molar-refractivity contribution in [2.75, 3.05) is 39.8 Å². The summed E-state index contributed by atoms with van der Waals surface area (Å²) in [5, 5.41) is 2.68. The van der Waals surface area contributed by atoms with E-state index in [0.29, 0.717) is 30.9 Å². The van der Waals surface area contributed by atoms with Crippen molar-refractivity contribution in [3.63, 3.8) is 0 Å². The highest BCUT2D eigenvalue weighted by Gasteiger charge is 2.21. The number of piperazine rings is 1. The minimum Gasteiger partial charge on any atom is -0.349 e.